The Labute approximate surface area is 120 Å². The quantitative estimate of drug-likeness (QED) is 0.645. The molecule has 0 aliphatic carbocycles. The largest absolute Gasteiger partial charge is 0.384 e. The Morgan fingerprint density at radius 1 is 1.15 bits per heavy atom. The summed E-state index contributed by atoms with van der Waals surface area (Å²) in [7, 11) is 0. The normalized spacial score (nSPS) is 10.3. The molecule has 0 fully saturated rings. The number of hydrogen-bond acceptors (Lipinski definition) is 2. The molecule has 0 heterocycles. The van der Waals surface area contributed by atoms with Crippen molar-refractivity contribution in [3.63, 3.8) is 0 Å². The lowest BCUT2D eigenvalue weighted by Gasteiger charge is -2.23. The summed E-state index contributed by atoms with van der Waals surface area (Å²) in [6, 6.07) is 16.4. The number of nitrogens with two attached hydrogens (primary N) is 1. The molecule has 0 spiro atoms. The van der Waals surface area contributed by atoms with Crippen molar-refractivity contribution in [2.75, 3.05) is 11.4 Å². The van der Waals surface area contributed by atoms with Gasteiger partial charge in [-0.3, -0.25) is 5.41 Å². The van der Waals surface area contributed by atoms with E-state index in [9.17, 15) is 0 Å². The van der Waals surface area contributed by atoms with E-state index in [0.717, 1.165) is 18.7 Å². The SMILES string of the molecule is CCN(Cc1cccc(C(=N)N)c1)c1ccc(C)cc1. The van der Waals surface area contributed by atoms with Gasteiger partial charge in [0.2, 0.25) is 0 Å². The summed E-state index contributed by atoms with van der Waals surface area (Å²) >= 11 is 0. The average Bonchev–Trinajstić information content (AvgIpc) is 2.46. The Kier molecular flexibility index (Phi) is 4.41. The van der Waals surface area contributed by atoms with Crippen LogP contribution in [0.2, 0.25) is 0 Å². The van der Waals surface area contributed by atoms with Gasteiger partial charge in [0.25, 0.3) is 0 Å². The van der Waals surface area contributed by atoms with E-state index in [1.807, 2.05) is 18.2 Å². The summed E-state index contributed by atoms with van der Waals surface area (Å²) in [6.45, 7) is 6.00. The molecule has 2 aromatic rings. The summed E-state index contributed by atoms with van der Waals surface area (Å²) < 4.78 is 0. The number of amidine groups is 1. The Balaban J connectivity index is 2.19. The number of nitrogen functional groups attached to an aromatic ring is 1. The van der Waals surface area contributed by atoms with Gasteiger partial charge in [-0.25, -0.2) is 0 Å². The average molecular weight is 267 g/mol. The Morgan fingerprint density at radius 3 is 2.45 bits per heavy atom. The van der Waals surface area contributed by atoms with E-state index in [4.69, 9.17) is 11.1 Å². The molecule has 104 valence electrons. The zero-order valence-corrected chi connectivity index (χ0v) is 12.1. The zero-order valence-electron chi connectivity index (χ0n) is 12.1. The molecule has 3 heteroatoms. The molecule has 0 aliphatic heterocycles. The van der Waals surface area contributed by atoms with Gasteiger partial charge in [0, 0.05) is 24.3 Å². The Bertz CT molecular complexity index is 587. The second kappa shape index (κ2) is 6.24. The van der Waals surface area contributed by atoms with E-state index in [2.05, 4.69) is 49.1 Å². The first-order valence-corrected chi connectivity index (χ1v) is 6.85. The lowest BCUT2D eigenvalue weighted by molar-refractivity contribution is 0.831. The van der Waals surface area contributed by atoms with Gasteiger partial charge in [-0.2, -0.15) is 0 Å². The van der Waals surface area contributed by atoms with E-state index in [1.165, 1.54) is 16.8 Å². The number of hydrogen-bond donors (Lipinski definition) is 2. The molecule has 3 N–H and O–H groups in total. The number of nitrogens with one attached hydrogen (secondary N) is 1. The maximum absolute atomic E-state index is 7.51. The molecule has 0 aliphatic rings. The molecule has 0 amide bonds. The van der Waals surface area contributed by atoms with Gasteiger partial charge < -0.3 is 10.6 Å². The summed E-state index contributed by atoms with van der Waals surface area (Å²) in [5, 5.41) is 7.51. The van der Waals surface area contributed by atoms with Crippen LogP contribution in [-0.2, 0) is 6.54 Å². The van der Waals surface area contributed by atoms with Crippen molar-refractivity contribution in [3.05, 3.63) is 65.2 Å². The highest BCUT2D eigenvalue weighted by atomic mass is 15.1. The molecule has 0 radical (unpaired) electrons. The minimum Gasteiger partial charge on any atom is -0.384 e. The van der Waals surface area contributed by atoms with Crippen molar-refractivity contribution in [1.29, 1.82) is 5.41 Å². The molecule has 2 aromatic carbocycles. The van der Waals surface area contributed by atoms with Gasteiger partial charge in [-0.1, -0.05) is 35.9 Å². The third-order valence-corrected chi connectivity index (χ3v) is 3.39. The summed E-state index contributed by atoms with van der Waals surface area (Å²) in [6.07, 6.45) is 0. The molecule has 0 unspecified atom stereocenters. The molecule has 0 saturated heterocycles. The first-order valence-electron chi connectivity index (χ1n) is 6.85. The third-order valence-electron chi connectivity index (χ3n) is 3.39. The van der Waals surface area contributed by atoms with Crippen LogP contribution < -0.4 is 10.6 Å². The summed E-state index contributed by atoms with van der Waals surface area (Å²) in [5.41, 5.74) is 9.97. The summed E-state index contributed by atoms with van der Waals surface area (Å²) in [4.78, 5) is 2.30. The fraction of sp³-hybridized carbons (Fsp3) is 0.235. The highest BCUT2D eigenvalue weighted by Gasteiger charge is 2.06. The molecule has 2 rings (SSSR count). The van der Waals surface area contributed by atoms with Crippen LogP contribution in [0.25, 0.3) is 0 Å². The molecule has 0 saturated carbocycles. The first kappa shape index (κ1) is 14.1. The van der Waals surface area contributed by atoms with Crippen LogP contribution in [0.4, 0.5) is 5.69 Å². The molecule has 0 aromatic heterocycles. The van der Waals surface area contributed by atoms with Gasteiger partial charge >= 0.3 is 0 Å². The monoisotopic (exact) mass is 267 g/mol. The number of benzene rings is 2. The lowest BCUT2D eigenvalue weighted by Crippen LogP contribution is -2.22. The van der Waals surface area contributed by atoms with Crippen LogP contribution in [0, 0.1) is 12.3 Å². The molecular weight excluding hydrogens is 246 g/mol. The van der Waals surface area contributed by atoms with Crippen LogP contribution >= 0.6 is 0 Å². The molecule has 0 atom stereocenters. The Morgan fingerprint density at radius 2 is 1.85 bits per heavy atom. The Hall–Kier alpha value is -2.29. The third kappa shape index (κ3) is 3.38. The predicted molar refractivity (Wildman–Crippen MR) is 85.4 cm³/mol. The van der Waals surface area contributed by atoms with Gasteiger partial charge in [-0.05, 0) is 37.6 Å². The first-order chi connectivity index (χ1) is 9.60. The lowest BCUT2D eigenvalue weighted by atomic mass is 10.1. The maximum atomic E-state index is 7.51. The second-order valence-corrected chi connectivity index (χ2v) is 4.96. The molecular formula is C17H21N3. The topological polar surface area (TPSA) is 53.1 Å². The zero-order chi connectivity index (χ0) is 14.5. The minimum absolute atomic E-state index is 0.116. The van der Waals surface area contributed by atoms with E-state index in [0.29, 0.717) is 0 Å². The standard InChI is InChI=1S/C17H21N3/c1-3-20(16-9-7-13(2)8-10-16)12-14-5-4-6-15(11-14)17(18)19/h4-11H,3,12H2,1-2H3,(H3,18,19). The fourth-order valence-corrected chi connectivity index (χ4v) is 2.20. The van der Waals surface area contributed by atoms with Crippen LogP contribution in [0.15, 0.2) is 48.5 Å². The number of aryl methyl sites for hydroxylation is 1. The van der Waals surface area contributed by atoms with Crippen molar-refractivity contribution >= 4 is 11.5 Å². The minimum atomic E-state index is 0.116. The molecule has 0 bridgehead atoms. The van der Waals surface area contributed by atoms with Crippen LogP contribution in [0.3, 0.4) is 0 Å². The number of rotatable bonds is 5. The smallest absolute Gasteiger partial charge is 0.122 e. The van der Waals surface area contributed by atoms with E-state index >= 15 is 0 Å². The number of nitrogens with zero attached hydrogens (tertiary/aromatic N) is 1. The fourth-order valence-electron chi connectivity index (χ4n) is 2.20. The highest BCUT2D eigenvalue weighted by molar-refractivity contribution is 5.95. The van der Waals surface area contributed by atoms with Gasteiger partial charge in [0.15, 0.2) is 0 Å². The molecule has 20 heavy (non-hydrogen) atoms. The van der Waals surface area contributed by atoms with E-state index in [1.54, 1.807) is 0 Å². The van der Waals surface area contributed by atoms with Gasteiger partial charge in [0.1, 0.15) is 5.84 Å². The van der Waals surface area contributed by atoms with E-state index in [-0.39, 0.29) is 5.84 Å². The molecule has 3 nitrogen and oxygen atoms in total. The van der Waals surface area contributed by atoms with Crippen LogP contribution in [0.1, 0.15) is 23.6 Å². The summed E-state index contributed by atoms with van der Waals surface area (Å²) in [5.74, 6) is 0.116. The second-order valence-electron chi connectivity index (χ2n) is 4.96. The van der Waals surface area contributed by atoms with Crippen molar-refractivity contribution in [3.8, 4) is 0 Å². The predicted octanol–water partition coefficient (Wildman–Crippen LogP) is 3.31. The number of anilines is 1. The maximum Gasteiger partial charge on any atom is 0.122 e. The van der Waals surface area contributed by atoms with Crippen molar-refractivity contribution in [2.24, 2.45) is 5.73 Å². The van der Waals surface area contributed by atoms with Gasteiger partial charge in [0.05, 0.1) is 0 Å². The van der Waals surface area contributed by atoms with Gasteiger partial charge in [-0.15, -0.1) is 0 Å². The van der Waals surface area contributed by atoms with Crippen molar-refractivity contribution in [1.82, 2.24) is 0 Å². The van der Waals surface area contributed by atoms with Crippen LogP contribution in [0.5, 0.6) is 0 Å². The van der Waals surface area contributed by atoms with Crippen molar-refractivity contribution < 1.29 is 0 Å². The highest BCUT2D eigenvalue weighted by Crippen LogP contribution is 2.18. The van der Waals surface area contributed by atoms with E-state index < -0.39 is 0 Å². The van der Waals surface area contributed by atoms with Crippen molar-refractivity contribution in [2.45, 2.75) is 20.4 Å². The van der Waals surface area contributed by atoms with Crippen LogP contribution in [-0.4, -0.2) is 12.4 Å².